The number of hydrogen-bond acceptors (Lipinski definition) is 4. The van der Waals surface area contributed by atoms with Gasteiger partial charge in [-0.3, -0.25) is 9.69 Å². The Kier molecular flexibility index (Phi) is 5.91. The Labute approximate surface area is 151 Å². The first-order valence-electron chi connectivity index (χ1n) is 8.19. The fraction of sp³-hybridized carbons (Fsp3) is 0.316. The molecule has 1 saturated heterocycles. The number of morpholine rings is 1. The second kappa shape index (κ2) is 8.34. The van der Waals surface area contributed by atoms with E-state index in [9.17, 15) is 9.90 Å². The molecular weight excluding hydrogens is 342 g/mol. The number of para-hydroxylation sites is 1. The molecule has 1 fully saturated rings. The van der Waals surface area contributed by atoms with Crippen LogP contribution in [-0.4, -0.2) is 48.3 Å². The van der Waals surface area contributed by atoms with E-state index in [0.29, 0.717) is 49.2 Å². The van der Waals surface area contributed by atoms with Crippen molar-refractivity contribution in [3.8, 4) is 11.5 Å². The average molecular weight is 362 g/mol. The van der Waals surface area contributed by atoms with E-state index in [1.165, 1.54) is 0 Å². The van der Waals surface area contributed by atoms with Crippen LogP contribution in [0, 0.1) is 0 Å². The van der Waals surface area contributed by atoms with Crippen LogP contribution in [0.2, 0.25) is 5.02 Å². The molecule has 0 bridgehead atoms. The lowest BCUT2D eigenvalue weighted by atomic mass is 10.0. The van der Waals surface area contributed by atoms with Gasteiger partial charge in [0, 0.05) is 24.5 Å². The summed E-state index contributed by atoms with van der Waals surface area (Å²) >= 11 is 6.13. The molecule has 1 heterocycles. The van der Waals surface area contributed by atoms with E-state index in [0.717, 1.165) is 5.56 Å². The fourth-order valence-electron chi connectivity index (χ4n) is 2.89. The van der Waals surface area contributed by atoms with E-state index in [2.05, 4.69) is 0 Å². The lowest BCUT2D eigenvalue weighted by Crippen LogP contribution is -2.48. The van der Waals surface area contributed by atoms with Crippen LogP contribution in [0.25, 0.3) is 0 Å². The van der Waals surface area contributed by atoms with Crippen LogP contribution < -0.4 is 4.74 Å². The summed E-state index contributed by atoms with van der Waals surface area (Å²) in [4.78, 5) is 13.7. The minimum Gasteiger partial charge on any atom is -0.480 e. The van der Waals surface area contributed by atoms with E-state index in [1.807, 2.05) is 35.2 Å². The Morgan fingerprint density at radius 3 is 2.60 bits per heavy atom. The Morgan fingerprint density at radius 1 is 1.20 bits per heavy atom. The minimum absolute atomic E-state index is 0.318. The smallest absolute Gasteiger partial charge is 0.321 e. The first-order chi connectivity index (χ1) is 12.1. The van der Waals surface area contributed by atoms with Gasteiger partial charge in [-0.2, -0.15) is 0 Å². The number of rotatable bonds is 6. The molecule has 25 heavy (non-hydrogen) atoms. The Balaban J connectivity index is 1.84. The molecule has 1 aliphatic rings. The minimum atomic E-state index is -0.854. The highest BCUT2D eigenvalue weighted by Crippen LogP contribution is 2.29. The summed E-state index contributed by atoms with van der Waals surface area (Å²) in [5.74, 6) is 0.465. The molecule has 3 rings (SSSR count). The number of aliphatic carboxylic acids is 1. The van der Waals surface area contributed by atoms with Crippen molar-refractivity contribution in [1.29, 1.82) is 0 Å². The van der Waals surface area contributed by atoms with Gasteiger partial charge < -0.3 is 14.6 Å². The van der Waals surface area contributed by atoms with Gasteiger partial charge in [0.15, 0.2) is 0 Å². The van der Waals surface area contributed by atoms with E-state index in [-0.39, 0.29) is 0 Å². The summed E-state index contributed by atoms with van der Waals surface area (Å²) < 4.78 is 11.3. The third-order valence-electron chi connectivity index (χ3n) is 4.18. The van der Waals surface area contributed by atoms with E-state index >= 15 is 0 Å². The number of carbonyl (C=O) groups is 1. The number of carboxylic acids is 1. The van der Waals surface area contributed by atoms with Crippen molar-refractivity contribution in [1.82, 2.24) is 4.90 Å². The van der Waals surface area contributed by atoms with Gasteiger partial charge >= 0.3 is 5.97 Å². The van der Waals surface area contributed by atoms with Gasteiger partial charge in [0.25, 0.3) is 0 Å². The normalized spacial score (nSPS) is 16.4. The molecule has 0 unspecified atom stereocenters. The zero-order chi connectivity index (χ0) is 17.6. The van der Waals surface area contributed by atoms with Crippen molar-refractivity contribution in [2.24, 2.45) is 0 Å². The molecule has 132 valence electrons. The zero-order valence-corrected chi connectivity index (χ0v) is 14.5. The number of nitrogens with zero attached hydrogens (tertiary/aromatic N) is 1. The summed E-state index contributed by atoms with van der Waals surface area (Å²) in [6.45, 7) is 2.30. The maximum atomic E-state index is 11.8. The van der Waals surface area contributed by atoms with Crippen molar-refractivity contribution in [3.63, 3.8) is 0 Å². The summed E-state index contributed by atoms with van der Waals surface area (Å²) in [6.07, 6.45) is 0.318. The van der Waals surface area contributed by atoms with Crippen LogP contribution >= 0.6 is 11.6 Å². The monoisotopic (exact) mass is 361 g/mol. The Bertz CT molecular complexity index is 717. The van der Waals surface area contributed by atoms with Crippen LogP contribution in [0.1, 0.15) is 5.56 Å². The van der Waals surface area contributed by atoms with Gasteiger partial charge in [-0.15, -0.1) is 0 Å². The van der Waals surface area contributed by atoms with E-state index < -0.39 is 12.0 Å². The number of ether oxygens (including phenoxy) is 2. The Hall–Kier alpha value is -2.08. The number of carboxylic acid groups (broad SMARTS) is 1. The number of halogens is 1. The van der Waals surface area contributed by atoms with E-state index in [4.69, 9.17) is 21.1 Å². The highest BCUT2D eigenvalue weighted by molar-refractivity contribution is 6.30. The highest BCUT2D eigenvalue weighted by atomic mass is 35.5. The van der Waals surface area contributed by atoms with Crippen LogP contribution in [0.3, 0.4) is 0 Å². The molecule has 1 atom stereocenters. The predicted molar refractivity (Wildman–Crippen MR) is 95.5 cm³/mol. The van der Waals surface area contributed by atoms with Gasteiger partial charge in [0.1, 0.15) is 17.5 Å². The maximum absolute atomic E-state index is 11.8. The maximum Gasteiger partial charge on any atom is 0.321 e. The van der Waals surface area contributed by atoms with Crippen molar-refractivity contribution < 1.29 is 19.4 Å². The van der Waals surface area contributed by atoms with Crippen molar-refractivity contribution in [2.75, 3.05) is 26.3 Å². The molecular formula is C19H20ClNO4. The van der Waals surface area contributed by atoms with Crippen LogP contribution in [0.15, 0.2) is 48.5 Å². The third-order valence-corrected chi connectivity index (χ3v) is 4.41. The average Bonchev–Trinajstić information content (AvgIpc) is 2.63. The molecule has 0 spiro atoms. The lowest BCUT2D eigenvalue weighted by molar-refractivity contribution is -0.145. The zero-order valence-electron chi connectivity index (χ0n) is 13.7. The molecule has 1 N–H and O–H groups in total. The van der Waals surface area contributed by atoms with Crippen molar-refractivity contribution in [2.45, 2.75) is 12.5 Å². The molecule has 0 radical (unpaired) electrons. The summed E-state index contributed by atoms with van der Waals surface area (Å²) in [5.41, 5.74) is 0.773. The second-order valence-electron chi connectivity index (χ2n) is 5.87. The summed E-state index contributed by atoms with van der Waals surface area (Å²) in [6, 6.07) is 14.1. The van der Waals surface area contributed by atoms with Gasteiger partial charge in [-0.1, -0.05) is 29.8 Å². The molecule has 0 aromatic heterocycles. The molecule has 2 aromatic rings. The largest absolute Gasteiger partial charge is 0.480 e. The molecule has 5 nitrogen and oxygen atoms in total. The third kappa shape index (κ3) is 4.72. The van der Waals surface area contributed by atoms with Gasteiger partial charge in [0.2, 0.25) is 0 Å². The van der Waals surface area contributed by atoms with Crippen LogP contribution in [0.5, 0.6) is 11.5 Å². The molecule has 0 saturated carbocycles. The summed E-state index contributed by atoms with van der Waals surface area (Å²) in [7, 11) is 0. The highest BCUT2D eigenvalue weighted by Gasteiger charge is 2.28. The molecule has 0 amide bonds. The fourth-order valence-corrected chi connectivity index (χ4v) is 3.09. The second-order valence-corrected chi connectivity index (χ2v) is 6.31. The number of hydrogen-bond donors (Lipinski definition) is 1. The van der Waals surface area contributed by atoms with Crippen molar-refractivity contribution >= 4 is 17.6 Å². The molecule has 6 heteroatoms. The van der Waals surface area contributed by atoms with Gasteiger partial charge in [-0.05, 0) is 35.9 Å². The SMILES string of the molecule is O=C(O)[C@H](Cc1cc(Cl)ccc1Oc1ccccc1)N1CCOCC1. The topological polar surface area (TPSA) is 59.0 Å². The standard InChI is InChI=1S/C19H20ClNO4/c20-15-6-7-18(25-16-4-2-1-3-5-16)14(12-15)13-17(19(22)23)21-8-10-24-11-9-21/h1-7,12,17H,8-11,13H2,(H,22,23)/t17-/m0/s1. The van der Waals surface area contributed by atoms with Gasteiger partial charge in [-0.25, -0.2) is 0 Å². The first-order valence-corrected chi connectivity index (χ1v) is 8.57. The Morgan fingerprint density at radius 2 is 1.92 bits per heavy atom. The number of benzene rings is 2. The molecule has 0 aliphatic carbocycles. The van der Waals surface area contributed by atoms with Gasteiger partial charge in [0.05, 0.1) is 13.2 Å². The lowest BCUT2D eigenvalue weighted by Gasteiger charge is -2.32. The van der Waals surface area contributed by atoms with E-state index in [1.54, 1.807) is 18.2 Å². The molecule has 2 aromatic carbocycles. The quantitative estimate of drug-likeness (QED) is 0.853. The predicted octanol–water partition coefficient (Wildman–Crippen LogP) is 3.46. The first kappa shape index (κ1) is 17.7. The molecule has 1 aliphatic heterocycles. The van der Waals surface area contributed by atoms with Crippen LogP contribution in [-0.2, 0) is 16.0 Å². The summed E-state index contributed by atoms with van der Waals surface area (Å²) in [5, 5.41) is 10.2. The van der Waals surface area contributed by atoms with Crippen LogP contribution in [0.4, 0.5) is 0 Å². The van der Waals surface area contributed by atoms with Crippen molar-refractivity contribution in [3.05, 3.63) is 59.1 Å².